The summed E-state index contributed by atoms with van der Waals surface area (Å²) in [6.07, 6.45) is 0.986. The van der Waals surface area contributed by atoms with E-state index in [2.05, 4.69) is 5.32 Å². The summed E-state index contributed by atoms with van der Waals surface area (Å²) in [5.74, 6) is -0.768. The molecule has 2 aromatic carbocycles. The number of rotatable bonds is 7. The lowest BCUT2D eigenvalue weighted by Crippen LogP contribution is -2.53. The van der Waals surface area contributed by atoms with Gasteiger partial charge in [-0.05, 0) is 60.0 Å². The van der Waals surface area contributed by atoms with Gasteiger partial charge in [-0.15, -0.1) is 11.3 Å². The van der Waals surface area contributed by atoms with Crippen molar-refractivity contribution in [1.29, 1.82) is 0 Å². The molecule has 0 radical (unpaired) electrons. The first-order chi connectivity index (χ1) is 18.3. The number of benzene rings is 2. The zero-order valence-corrected chi connectivity index (χ0v) is 22.3. The predicted molar refractivity (Wildman–Crippen MR) is 147 cm³/mol. The van der Waals surface area contributed by atoms with Crippen molar-refractivity contribution >= 4 is 34.8 Å². The maximum absolute atomic E-state index is 13.7. The first-order valence-electron chi connectivity index (χ1n) is 13.0. The summed E-state index contributed by atoms with van der Waals surface area (Å²) in [6, 6.07) is 18.5. The summed E-state index contributed by atoms with van der Waals surface area (Å²) in [5, 5.41) is 4.94. The molecule has 3 heterocycles. The minimum Gasteiger partial charge on any atom is -0.340 e. The van der Waals surface area contributed by atoms with Crippen LogP contribution in [0.25, 0.3) is 10.4 Å². The Morgan fingerprint density at radius 1 is 0.947 bits per heavy atom. The van der Waals surface area contributed by atoms with Gasteiger partial charge in [-0.3, -0.25) is 19.2 Å². The Morgan fingerprint density at radius 3 is 2.34 bits per heavy atom. The summed E-state index contributed by atoms with van der Waals surface area (Å²) < 4.78 is 0. The third-order valence-corrected chi connectivity index (χ3v) is 8.17. The number of carbonyl (C=O) groups excluding carboxylic acids is 4. The van der Waals surface area contributed by atoms with Gasteiger partial charge in [0, 0.05) is 22.5 Å². The molecule has 2 fully saturated rings. The van der Waals surface area contributed by atoms with E-state index in [1.54, 1.807) is 57.5 Å². The summed E-state index contributed by atoms with van der Waals surface area (Å²) in [7, 11) is 0. The minimum absolute atomic E-state index is 0.00929. The topological polar surface area (TPSA) is 86.8 Å². The fourth-order valence-electron chi connectivity index (χ4n) is 5.45. The number of thiophene rings is 1. The number of nitrogens with zero attached hydrogens (tertiary/aromatic N) is 2. The quantitative estimate of drug-likeness (QED) is 0.496. The zero-order chi connectivity index (χ0) is 26.8. The highest BCUT2D eigenvalue weighted by Gasteiger charge is 2.52. The van der Waals surface area contributed by atoms with Crippen LogP contribution in [0.2, 0.25) is 0 Å². The smallest absolute Gasteiger partial charge is 0.254 e. The number of hydrogen-bond acceptors (Lipinski definition) is 5. The van der Waals surface area contributed by atoms with Gasteiger partial charge in [0.25, 0.3) is 11.8 Å². The van der Waals surface area contributed by atoms with E-state index in [1.165, 1.54) is 0 Å². The van der Waals surface area contributed by atoms with Crippen molar-refractivity contribution in [3.63, 3.8) is 0 Å². The highest BCUT2D eigenvalue weighted by atomic mass is 32.1. The maximum Gasteiger partial charge on any atom is 0.254 e. The van der Waals surface area contributed by atoms with E-state index in [9.17, 15) is 19.2 Å². The number of Topliss-reactive ketones (excluding diaryl/α,β-unsaturated/α-hetero) is 1. The van der Waals surface area contributed by atoms with Gasteiger partial charge in [0.15, 0.2) is 5.78 Å². The second-order valence-electron chi connectivity index (χ2n) is 10.3. The van der Waals surface area contributed by atoms with Crippen molar-refractivity contribution in [2.45, 2.75) is 44.8 Å². The number of hydrogen-bond donors (Lipinski definition) is 1. The van der Waals surface area contributed by atoms with Crippen LogP contribution in [0.15, 0.2) is 72.1 Å². The molecule has 2 saturated heterocycles. The van der Waals surface area contributed by atoms with Crippen molar-refractivity contribution in [3.8, 4) is 10.4 Å². The zero-order valence-electron chi connectivity index (χ0n) is 21.5. The van der Waals surface area contributed by atoms with E-state index in [4.69, 9.17) is 0 Å². The van der Waals surface area contributed by atoms with E-state index in [1.807, 2.05) is 49.6 Å². The number of ketones is 1. The van der Waals surface area contributed by atoms with Gasteiger partial charge in [0.1, 0.15) is 12.1 Å². The molecule has 1 unspecified atom stereocenters. The van der Waals surface area contributed by atoms with Gasteiger partial charge < -0.3 is 15.1 Å². The Hall–Kier alpha value is -3.78. The Labute approximate surface area is 226 Å². The second kappa shape index (κ2) is 10.9. The van der Waals surface area contributed by atoms with Crippen molar-refractivity contribution in [2.75, 3.05) is 13.1 Å². The molecule has 38 heavy (non-hydrogen) atoms. The van der Waals surface area contributed by atoms with Crippen LogP contribution in [0, 0.1) is 5.92 Å². The molecule has 1 N–H and O–H groups in total. The van der Waals surface area contributed by atoms with Gasteiger partial charge in [-0.2, -0.15) is 0 Å². The van der Waals surface area contributed by atoms with Crippen LogP contribution < -0.4 is 5.32 Å². The van der Waals surface area contributed by atoms with E-state index >= 15 is 0 Å². The van der Waals surface area contributed by atoms with E-state index in [-0.39, 0.29) is 42.0 Å². The molecule has 2 aliphatic rings. The second-order valence-corrected chi connectivity index (χ2v) is 11.3. The largest absolute Gasteiger partial charge is 0.340 e. The highest BCUT2D eigenvalue weighted by Crippen LogP contribution is 2.32. The summed E-state index contributed by atoms with van der Waals surface area (Å²) >= 11 is 1.63. The van der Waals surface area contributed by atoms with Crippen molar-refractivity contribution < 1.29 is 19.2 Å². The molecule has 2 aliphatic heterocycles. The SMILES string of the molecule is CC(C)C[C@H](NC(=O)c1ccc(-c2cccs2)cc1)C(=O)N1CCC2[C@H]1C(=O)CN2C(=O)c1ccccc1. The van der Waals surface area contributed by atoms with Gasteiger partial charge in [-0.1, -0.05) is 50.2 Å². The number of likely N-dealkylation sites (tertiary alicyclic amines) is 2. The average molecular weight is 530 g/mol. The first kappa shape index (κ1) is 25.9. The lowest BCUT2D eigenvalue weighted by Gasteiger charge is -2.29. The standard InChI is InChI=1S/C30H31N3O4S/c1-19(2)17-23(31-28(35)21-12-10-20(11-13-21)26-9-6-16-38-26)30(37)32-15-14-24-27(32)25(34)18-33(24)29(36)22-7-4-3-5-8-22/h3-13,16,19,23-24,27H,14-15,17-18H2,1-2H3,(H,31,35)/t23-,24?,27-/m0/s1. The predicted octanol–water partition coefficient (Wildman–Crippen LogP) is 4.25. The molecule has 7 nitrogen and oxygen atoms in total. The Bertz CT molecular complexity index is 1320. The van der Waals surface area contributed by atoms with Crippen molar-refractivity contribution in [1.82, 2.24) is 15.1 Å². The molecule has 3 aromatic rings. The number of nitrogens with one attached hydrogen (secondary N) is 1. The van der Waals surface area contributed by atoms with Gasteiger partial charge in [0.2, 0.25) is 5.91 Å². The monoisotopic (exact) mass is 529 g/mol. The average Bonchev–Trinajstić information content (AvgIpc) is 3.67. The molecular formula is C30H31N3O4S. The molecule has 0 spiro atoms. The molecule has 0 aliphatic carbocycles. The Balaban J connectivity index is 1.30. The third kappa shape index (κ3) is 5.13. The minimum atomic E-state index is -0.759. The molecule has 3 atom stereocenters. The molecule has 8 heteroatoms. The Kier molecular flexibility index (Phi) is 7.42. The van der Waals surface area contributed by atoms with Gasteiger partial charge in [0.05, 0.1) is 12.6 Å². The molecular weight excluding hydrogens is 498 g/mol. The van der Waals surface area contributed by atoms with Crippen LogP contribution >= 0.6 is 11.3 Å². The molecule has 0 bridgehead atoms. The maximum atomic E-state index is 13.7. The molecule has 0 saturated carbocycles. The van der Waals surface area contributed by atoms with Crippen LogP contribution in [0.1, 0.15) is 47.4 Å². The van der Waals surface area contributed by atoms with E-state index in [0.29, 0.717) is 30.5 Å². The summed E-state index contributed by atoms with van der Waals surface area (Å²) in [4.78, 5) is 57.4. The molecule has 1 aromatic heterocycles. The number of fused-ring (bicyclic) bond motifs is 1. The summed E-state index contributed by atoms with van der Waals surface area (Å²) in [5.41, 5.74) is 2.03. The number of carbonyl (C=O) groups is 4. The van der Waals surface area contributed by atoms with E-state index in [0.717, 1.165) is 10.4 Å². The van der Waals surface area contributed by atoms with Gasteiger partial charge >= 0.3 is 0 Å². The number of amides is 3. The van der Waals surface area contributed by atoms with Crippen LogP contribution in [-0.4, -0.2) is 64.5 Å². The summed E-state index contributed by atoms with van der Waals surface area (Å²) in [6.45, 7) is 4.36. The lowest BCUT2D eigenvalue weighted by atomic mass is 10.0. The van der Waals surface area contributed by atoms with Gasteiger partial charge in [-0.25, -0.2) is 0 Å². The molecule has 196 valence electrons. The van der Waals surface area contributed by atoms with Crippen LogP contribution in [0.5, 0.6) is 0 Å². The fourth-order valence-corrected chi connectivity index (χ4v) is 6.18. The Morgan fingerprint density at radius 2 is 1.68 bits per heavy atom. The first-order valence-corrected chi connectivity index (χ1v) is 13.9. The normalized spacial score (nSPS) is 19.5. The van der Waals surface area contributed by atoms with Crippen LogP contribution in [0.3, 0.4) is 0 Å². The van der Waals surface area contributed by atoms with E-state index < -0.39 is 12.1 Å². The van der Waals surface area contributed by atoms with Crippen molar-refractivity contribution in [3.05, 3.63) is 83.2 Å². The van der Waals surface area contributed by atoms with Crippen LogP contribution in [-0.2, 0) is 9.59 Å². The van der Waals surface area contributed by atoms with Crippen LogP contribution in [0.4, 0.5) is 0 Å². The molecule has 5 rings (SSSR count). The fraction of sp³-hybridized carbons (Fsp3) is 0.333. The lowest BCUT2D eigenvalue weighted by molar-refractivity contribution is -0.138. The third-order valence-electron chi connectivity index (χ3n) is 7.25. The van der Waals surface area contributed by atoms with Crippen molar-refractivity contribution in [2.24, 2.45) is 5.92 Å². The highest BCUT2D eigenvalue weighted by molar-refractivity contribution is 7.13. The molecule has 3 amide bonds.